The monoisotopic (exact) mass is 279 g/mol. The van der Waals surface area contributed by atoms with Gasteiger partial charge >= 0.3 is 5.97 Å². The van der Waals surface area contributed by atoms with Crippen molar-refractivity contribution in [2.24, 2.45) is 0 Å². The van der Waals surface area contributed by atoms with Crippen LogP contribution in [0, 0.1) is 10.1 Å². The van der Waals surface area contributed by atoms with Crippen molar-refractivity contribution in [3.05, 3.63) is 37.3 Å². The minimum absolute atomic E-state index is 0.0463. The number of nitro groups is 1. The number of nitro benzene ring substituents is 1. The van der Waals surface area contributed by atoms with E-state index < -0.39 is 10.9 Å². The topological polar surface area (TPSA) is 80.4 Å². The zero-order valence-corrected chi connectivity index (χ0v) is 8.87. The minimum Gasteiger partial charge on any atom is -0.478 e. The highest BCUT2D eigenvalue weighted by molar-refractivity contribution is 9.10. The molecule has 0 amide bonds. The van der Waals surface area contributed by atoms with Gasteiger partial charge in [-0.25, -0.2) is 4.79 Å². The molecule has 0 radical (unpaired) electrons. The number of benzene rings is 1. The van der Waals surface area contributed by atoms with Crippen molar-refractivity contribution in [3.8, 4) is 0 Å². The summed E-state index contributed by atoms with van der Waals surface area (Å²) in [6.45, 7) is 0. The molecule has 0 aromatic heterocycles. The second-order valence-corrected chi connectivity index (χ2v) is 3.61. The molecule has 5 nitrogen and oxygen atoms in total. The Morgan fingerprint density at radius 3 is 2.57 bits per heavy atom. The van der Waals surface area contributed by atoms with Crippen LogP contribution in [-0.4, -0.2) is 16.0 Å². The summed E-state index contributed by atoms with van der Waals surface area (Å²) in [7, 11) is 0. The lowest BCUT2D eigenvalue weighted by molar-refractivity contribution is -0.385. The number of rotatable bonds is 2. The molecule has 1 aromatic rings. The van der Waals surface area contributed by atoms with Gasteiger partial charge in [0.05, 0.1) is 20.0 Å². The van der Waals surface area contributed by atoms with Gasteiger partial charge in [-0.1, -0.05) is 11.6 Å². The lowest BCUT2D eigenvalue weighted by Gasteiger charge is -2.00. The second kappa shape index (κ2) is 3.93. The second-order valence-electron chi connectivity index (χ2n) is 2.35. The van der Waals surface area contributed by atoms with E-state index in [0.29, 0.717) is 0 Å². The quantitative estimate of drug-likeness (QED) is 0.667. The molecule has 0 aliphatic heterocycles. The van der Waals surface area contributed by atoms with Gasteiger partial charge in [-0.15, -0.1) is 0 Å². The molecule has 0 saturated carbocycles. The molecule has 0 fully saturated rings. The van der Waals surface area contributed by atoms with E-state index in [1.165, 1.54) is 6.07 Å². The summed E-state index contributed by atoms with van der Waals surface area (Å²) >= 11 is 8.48. The first-order valence-electron chi connectivity index (χ1n) is 3.30. The molecule has 1 N–H and O–H groups in total. The van der Waals surface area contributed by atoms with Crippen molar-refractivity contribution in [2.75, 3.05) is 0 Å². The Morgan fingerprint density at radius 1 is 1.57 bits per heavy atom. The maximum absolute atomic E-state index is 10.6. The Kier molecular flexibility index (Phi) is 3.07. The number of nitrogens with zero attached hydrogens (tertiary/aromatic N) is 1. The van der Waals surface area contributed by atoms with Crippen LogP contribution < -0.4 is 0 Å². The molecule has 0 spiro atoms. The van der Waals surface area contributed by atoms with Crippen molar-refractivity contribution in [3.63, 3.8) is 0 Å². The van der Waals surface area contributed by atoms with Crippen molar-refractivity contribution >= 4 is 39.2 Å². The Hall–Kier alpha value is -1.14. The van der Waals surface area contributed by atoms with Crippen LogP contribution in [0.3, 0.4) is 0 Å². The van der Waals surface area contributed by atoms with Gasteiger partial charge in [0, 0.05) is 6.07 Å². The smallest absolute Gasteiger partial charge is 0.337 e. The van der Waals surface area contributed by atoms with Crippen LogP contribution in [0.15, 0.2) is 16.6 Å². The third kappa shape index (κ3) is 2.02. The fourth-order valence-corrected chi connectivity index (χ4v) is 1.71. The molecule has 1 aromatic carbocycles. The van der Waals surface area contributed by atoms with Gasteiger partial charge in [0.25, 0.3) is 5.69 Å². The SMILES string of the molecule is O=C(O)c1cc([N+](=O)[O-])c(Br)cc1Cl. The van der Waals surface area contributed by atoms with Gasteiger partial charge in [0.1, 0.15) is 0 Å². The summed E-state index contributed by atoms with van der Waals surface area (Å²) in [6.07, 6.45) is 0. The molecule has 0 aliphatic rings. The van der Waals surface area contributed by atoms with Gasteiger partial charge in [-0.2, -0.15) is 0 Å². The summed E-state index contributed by atoms with van der Waals surface area (Å²) in [4.78, 5) is 20.3. The number of carbonyl (C=O) groups is 1. The summed E-state index contributed by atoms with van der Waals surface area (Å²) in [5.74, 6) is -1.30. The Morgan fingerprint density at radius 2 is 2.14 bits per heavy atom. The third-order valence-electron chi connectivity index (χ3n) is 1.46. The highest BCUT2D eigenvalue weighted by atomic mass is 79.9. The van der Waals surface area contributed by atoms with Crippen molar-refractivity contribution in [2.45, 2.75) is 0 Å². The summed E-state index contributed by atoms with van der Waals surface area (Å²) in [6, 6.07) is 2.10. The molecule has 0 saturated heterocycles. The largest absolute Gasteiger partial charge is 0.478 e. The van der Waals surface area contributed by atoms with E-state index in [1.807, 2.05) is 0 Å². The predicted octanol–water partition coefficient (Wildman–Crippen LogP) is 2.71. The predicted molar refractivity (Wildman–Crippen MR) is 52.8 cm³/mol. The molecular formula is C7H3BrClNO4. The third-order valence-corrected chi connectivity index (χ3v) is 2.41. The normalized spacial score (nSPS) is 9.86. The van der Waals surface area contributed by atoms with Crippen LogP contribution in [0.4, 0.5) is 5.69 Å². The maximum atomic E-state index is 10.6. The van der Waals surface area contributed by atoms with E-state index in [2.05, 4.69) is 15.9 Å². The number of carboxylic acid groups (broad SMARTS) is 1. The fourth-order valence-electron chi connectivity index (χ4n) is 0.841. The highest BCUT2D eigenvalue weighted by Crippen LogP contribution is 2.30. The molecule has 0 unspecified atom stereocenters. The molecule has 14 heavy (non-hydrogen) atoms. The Bertz CT molecular complexity index is 385. The number of halogens is 2. The molecular weight excluding hydrogens is 277 g/mol. The standard InChI is InChI=1S/C7H3BrClNO4/c8-4-2-5(9)3(7(11)12)1-6(4)10(13)14/h1-2H,(H,11,12). The van der Waals surface area contributed by atoms with Crippen molar-refractivity contribution < 1.29 is 14.8 Å². The van der Waals surface area contributed by atoms with Gasteiger partial charge in [-0.3, -0.25) is 10.1 Å². The van der Waals surface area contributed by atoms with Crippen LogP contribution in [0.1, 0.15) is 10.4 Å². The van der Waals surface area contributed by atoms with E-state index in [-0.39, 0.29) is 20.7 Å². The van der Waals surface area contributed by atoms with Crippen LogP contribution >= 0.6 is 27.5 Å². The molecule has 0 heterocycles. The zero-order valence-electron chi connectivity index (χ0n) is 6.53. The van der Waals surface area contributed by atoms with E-state index in [9.17, 15) is 14.9 Å². The molecule has 7 heteroatoms. The number of aromatic carboxylic acids is 1. The highest BCUT2D eigenvalue weighted by Gasteiger charge is 2.19. The summed E-state index contributed by atoms with van der Waals surface area (Å²) < 4.78 is 0.150. The number of carboxylic acids is 1. The summed E-state index contributed by atoms with van der Waals surface area (Å²) in [5.41, 5.74) is -0.617. The first-order chi connectivity index (χ1) is 6.43. The number of hydrogen-bond donors (Lipinski definition) is 1. The van der Waals surface area contributed by atoms with Gasteiger partial charge < -0.3 is 5.11 Å². The molecule has 1 rings (SSSR count). The van der Waals surface area contributed by atoms with Gasteiger partial charge in [0.2, 0.25) is 0 Å². The lowest BCUT2D eigenvalue weighted by atomic mass is 10.2. The molecule has 0 aliphatic carbocycles. The van der Waals surface area contributed by atoms with Crippen LogP contribution in [-0.2, 0) is 0 Å². The zero-order chi connectivity index (χ0) is 10.9. The first-order valence-corrected chi connectivity index (χ1v) is 4.47. The Balaban J connectivity index is 3.42. The maximum Gasteiger partial charge on any atom is 0.337 e. The number of hydrogen-bond acceptors (Lipinski definition) is 3. The lowest BCUT2D eigenvalue weighted by Crippen LogP contribution is -2.00. The first kappa shape index (κ1) is 10.9. The van der Waals surface area contributed by atoms with Crippen molar-refractivity contribution in [1.29, 1.82) is 0 Å². The van der Waals surface area contributed by atoms with E-state index in [4.69, 9.17) is 16.7 Å². The average Bonchev–Trinajstić information content (AvgIpc) is 2.02. The van der Waals surface area contributed by atoms with E-state index in [1.54, 1.807) is 0 Å². The van der Waals surface area contributed by atoms with Gasteiger partial charge in [0.15, 0.2) is 0 Å². The van der Waals surface area contributed by atoms with E-state index >= 15 is 0 Å². The molecule has 0 atom stereocenters. The van der Waals surface area contributed by atoms with Crippen molar-refractivity contribution in [1.82, 2.24) is 0 Å². The summed E-state index contributed by atoms with van der Waals surface area (Å²) in [5, 5.41) is 19.0. The van der Waals surface area contributed by atoms with Crippen LogP contribution in [0.5, 0.6) is 0 Å². The van der Waals surface area contributed by atoms with Gasteiger partial charge in [-0.05, 0) is 22.0 Å². The Labute approximate surface area is 91.6 Å². The molecule has 74 valence electrons. The van der Waals surface area contributed by atoms with Crippen LogP contribution in [0.2, 0.25) is 5.02 Å². The fraction of sp³-hybridized carbons (Fsp3) is 0. The van der Waals surface area contributed by atoms with Crippen LogP contribution in [0.25, 0.3) is 0 Å². The molecule has 0 bridgehead atoms. The van der Waals surface area contributed by atoms with E-state index in [0.717, 1.165) is 6.07 Å². The average molecular weight is 280 g/mol. The minimum atomic E-state index is -1.30.